The van der Waals surface area contributed by atoms with Crippen molar-refractivity contribution in [3.63, 3.8) is 0 Å². The summed E-state index contributed by atoms with van der Waals surface area (Å²) in [5, 5.41) is 3.32. The number of carbonyl (C=O) groups excluding carboxylic acids is 1. The fraction of sp³-hybridized carbons (Fsp3) is 0.533. The molecule has 0 radical (unpaired) electrons. The highest BCUT2D eigenvalue weighted by Crippen LogP contribution is 2.22. The zero-order valence-electron chi connectivity index (χ0n) is 11.3. The van der Waals surface area contributed by atoms with Gasteiger partial charge in [0.25, 0.3) is 0 Å². The Hall–Kier alpha value is -1.42. The van der Waals surface area contributed by atoms with Crippen molar-refractivity contribution in [3.8, 4) is 0 Å². The van der Waals surface area contributed by atoms with Gasteiger partial charge in [-0.1, -0.05) is 31.4 Å². The lowest BCUT2D eigenvalue weighted by Gasteiger charge is -2.27. The second kappa shape index (κ2) is 6.15. The van der Waals surface area contributed by atoms with Crippen LogP contribution in [0.5, 0.6) is 0 Å². The molecule has 4 heteroatoms. The van der Waals surface area contributed by atoms with E-state index < -0.39 is 11.9 Å². The van der Waals surface area contributed by atoms with Crippen LogP contribution in [-0.4, -0.2) is 11.9 Å². The monoisotopic (exact) mass is 264 g/mol. The van der Waals surface area contributed by atoms with Crippen molar-refractivity contribution in [2.45, 2.75) is 51.1 Å². The predicted molar refractivity (Wildman–Crippen MR) is 73.1 cm³/mol. The van der Waals surface area contributed by atoms with Crippen molar-refractivity contribution in [2.24, 2.45) is 5.73 Å². The third-order valence-electron chi connectivity index (χ3n) is 3.81. The number of nitrogens with two attached hydrogens (primary N) is 1. The SMILES string of the molecule is Cc1cc(C(NC2CCCCC2)C(N)=O)ccc1F. The number of halogens is 1. The Morgan fingerprint density at radius 1 is 1.37 bits per heavy atom. The Morgan fingerprint density at radius 3 is 2.63 bits per heavy atom. The van der Waals surface area contributed by atoms with E-state index in [1.54, 1.807) is 19.1 Å². The molecule has 104 valence electrons. The fourth-order valence-corrected chi connectivity index (χ4v) is 2.70. The van der Waals surface area contributed by atoms with Gasteiger partial charge in [0.2, 0.25) is 5.91 Å². The minimum Gasteiger partial charge on any atom is -0.368 e. The highest BCUT2D eigenvalue weighted by molar-refractivity contribution is 5.81. The molecule has 1 aromatic carbocycles. The molecule has 1 aromatic rings. The zero-order chi connectivity index (χ0) is 13.8. The van der Waals surface area contributed by atoms with Crippen LogP contribution in [0.25, 0.3) is 0 Å². The van der Waals surface area contributed by atoms with Crippen LogP contribution in [-0.2, 0) is 4.79 Å². The Morgan fingerprint density at radius 2 is 2.05 bits per heavy atom. The molecule has 3 nitrogen and oxygen atoms in total. The first-order valence-electron chi connectivity index (χ1n) is 6.89. The van der Waals surface area contributed by atoms with Crippen LogP contribution in [0.2, 0.25) is 0 Å². The van der Waals surface area contributed by atoms with Gasteiger partial charge in [0, 0.05) is 6.04 Å². The van der Waals surface area contributed by atoms with Crippen LogP contribution in [0.3, 0.4) is 0 Å². The zero-order valence-corrected chi connectivity index (χ0v) is 11.3. The van der Waals surface area contributed by atoms with E-state index in [2.05, 4.69) is 5.32 Å². The van der Waals surface area contributed by atoms with E-state index in [4.69, 9.17) is 5.73 Å². The lowest BCUT2D eigenvalue weighted by Crippen LogP contribution is -2.41. The van der Waals surface area contributed by atoms with Gasteiger partial charge in [-0.05, 0) is 37.0 Å². The Kier molecular flexibility index (Phi) is 4.53. The third kappa shape index (κ3) is 3.53. The molecule has 1 atom stereocenters. The number of amides is 1. The van der Waals surface area contributed by atoms with Gasteiger partial charge < -0.3 is 5.73 Å². The van der Waals surface area contributed by atoms with E-state index in [0.29, 0.717) is 11.6 Å². The number of benzene rings is 1. The summed E-state index contributed by atoms with van der Waals surface area (Å²) in [5.74, 6) is -0.666. The second-order valence-corrected chi connectivity index (χ2v) is 5.35. The molecule has 1 unspecified atom stereocenters. The van der Waals surface area contributed by atoms with Crippen molar-refractivity contribution >= 4 is 5.91 Å². The van der Waals surface area contributed by atoms with Gasteiger partial charge in [0.05, 0.1) is 0 Å². The van der Waals surface area contributed by atoms with Gasteiger partial charge >= 0.3 is 0 Å². The van der Waals surface area contributed by atoms with Crippen LogP contribution in [0.15, 0.2) is 18.2 Å². The second-order valence-electron chi connectivity index (χ2n) is 5.35. The summed E-state index contributed by atoms with van der Waals surface area (Å²) >= 11 is 0. The number of hydrogen-bond acceptors (Lipinski definition) is 2. The van der Waals surface area contributed by atoms with Crippen LogP contribution in [0, 0.1) is 12.7 Å². The van der Waals surface area contributed by atoms with E-state index in [0.717, 1.165) is 18.4 Å². The van der Waals surface area contributed by atoms with E-state index in [-0.39, 0.29) is 5.82 Å². The van der Waals surface area contributed by atoms with E-state index >= 15 is 0 Å². The van der Waals surface area contributed by atoms with Crippen LogP contribution < -0.4 is 11.1 Å². The van der Waals surface area contributed by atoms with Crippen molar-refractivity contribution in [1.82, 2.24) is 5.32 Å². The Balaban J connectivity index is 2.14. The van der Waals surface area contributed by atoms with Crippen LogP contribution in [0.1, 0.15) is 49.3 Å². The molecule has 1 saturated carbocycles. The summed E-state index contributed by atoms with van der Waals surface area (Å²) in [4.78, 5) is 11.6. The molecule has 2 rings (SSSR count). The van der Waals surface area contributed by atoms with Crippen molar-refractivity contribution < 1.29 is 9.18 Å². The summed E-state index contributed by atoms with van der Waals surface area (Å²) in [7, 11) is 0. The molecular formula is C15H21FN2O. The van der Waals surface area contributed by atoms with Gasteiger partial charge in [0.1, 0.15) is 11.9 Å². The molecule has 0 spiro atoms. The maximum Gasteiger partial charge on any atom is 0.239 e. The summed E-state index contributed by atoms with van der Waals surface area (Å²) in [6, 6.07) is 4.52. The normalized spacial score (nSPS) is 18.2. The topological polar surface area (TPSA) is 55.1 Å². The van der Waals surface area contributed by atoms with Gasteiger partial charge in [0.15, 0.2) is 0 Å². The first-order valence-corrected chi connectivity index (χ1v) is 6.89. The van der Waals surface area contributed by atoms with E-state index in [9.17, 15) is 9.18 Å². The first kappa shape index (κ1) is 14.0. The molecule has 1 aliphatic rings. The lowest BCUT2D eigenvalue weighted by atomic mass is 9.93. The highest BCUT2D eigenvalue weighted by atomic mass is 19.1. The molecule has 1 aliphatic carbocycles. The molecule has 19 heavy (non-hydrogen) atoms. The van der Waals surface area contributed by atoms with Crippen LogP contribution >= 0.6 is 0 Å². The van der Waals surface area contributed by atoms with Gasteiger partial charge in [-0.15, -0.1) is 0 Å². The third-order valence-corrected chi connectivity index (χ3v) is 3.81. The van der Waals surface area contributed by atoms with Crippen molar-refractivity contribution in [2.75, 3.05) is 0 Å². The molecule has 3 N–H and O–H groups in total. The summed E-state index contributed by atoms with van der Waals surface area (Å²) in [5.41, 5.74) is 6.76. The predicted octanol–water partition coefficient (Wildman–Crippen LogP) is 2.58. The van der Waals surface area contributed by atoms with Gasteiger partial charge in [-0.25, -0.2) is 4.39 Å². The minimum atomic E-state index is -0.526. The Bertz CT molecular complexity index is 455. The quantitative estimate of drug-likeness (QED) is 0.878. The number of carbonyl (C=O) groups is 1. The number of primary amides is 1. The van der Waals surface area contributed by atoms with Gasteiger partial charge in [-0.2, -0.15) is 0 Å². The van der Waals surface area contributed by atoms with E-state index in [1.165, 1.54) is 25.3 Å². The Labute approximate surface area is 113 Å². The van der Waals surface area contributed by atoms with Crippen LogP contribution in [0.4, 0.5) is 4.39 Å². The minimum absolute atomic E-state index is 0.260. The molecule has 0 bridgehead atoms. The average Bonchev–Trinajstić information content (AvgIpc) is 2.40. The standard InChI is InChI=1S/C15H21FN2O/c1-10-9-11(7-8-13(10)16)14(15(17)19)18-12-5-3-2-4-6-12/h7-9,12,14,18H,2-6H2,1H3,(H2,17,19). The summed E-state index contributed by atoms with van der Waals surface area (Å²) in [6.07, 6.45) is 5.78. The summed E-state index contributed by atoms with van der Waals surface area (Å²) < 4.78 is 13.3. The molecule has 1 fully saturated rings. The molecule has 1 amide bonds. The number of nitrogens with one attached hydrogen (secondary N) is 1. The molecule has 0 heterocycles. The molecule has 0 aliphatic heterocycles. The highest BCUT2D eigenvalue weighted by Gasteiger charge is 2.23. The lowest BCUT2D eigenvalue weighted by molar-refractivity contribution is -0.120. The van der Waals surface area contributed by atoms with Gasteiger partial charge in [-0.3, -0.25) is 10.1 Å². The van der Waals surface area contributed by atoms with Crippen molar-refractivity contribution in [3.05, 3.63) is 35.1 Å². The number of hydrogen-bond donors (Lipinski definition) is 2. The molecule has 0 saturated heterocycles. The number of rotatable bonds is 4. The largest absolute Gasteiger partial charge is 0.368 e. The fourth-order valence-electron chi connectivity index (χ4n) is 2.70. The smallest absolute Gasteiger partial charge is 0.239 e. The first-order chi connectivity index (χ1) is 9.08. The van der Waals surface area contributed by atoms with E-state index in [1.807, 2.05) is 0 Å². The average molecular weight is 264 g/mol. The maximum atomic E-state index is 13.3. The maximum absolute atomic E-state index is 13.3. The molecular weight excluding hydrogens is 243 g/mol. The molecule has 0 aromatic heterocycles. The number of aryl methyl sites for hydroxylation is 1. The van der Waals surface area contributed by atoms with Crippen molar-refractivity contribution in [1.29, 1.82) is 0 Å². The summed E-state index contributed by atoms with van der Waals surface area (Å²) in [6.45, 7) is 1.69.